The topological polar surface area (TPSA) is 54.0 Å². The molecule has 0 aromatic rings. The first-order valence-electron chi connectivity index (χ1n) is 5.10. The minimum absolute atomic E-state index is 0.187. The third kappa shape index (κ3) is 4.53. The first-order valence-corrected chi connectivity index (χ1v) is 5.10. The Hall–Kier alpha value is -1.23. The van der Waals surface area contributed by atoms with Gasteiger partial charge in [0.05, 0.1) is 0 Å². The van der Waals surface area contributed by atoms with Crippen LogP contribution in [0.25, 0.3) is 0 Å². The number of carbonyl (C=O) groups is 1. The third-order valence-corrected chi connectivity index (χ3v) is 1.64. The quantitative estimate of drug-likeness (QED) is 0.648. The fraction of sp³-hybridized carbons (Fsp3) is 0.727. The van der Waals surface area contributed by atoms with Crippen LogP contribution in [0.15, 0.2) is 12.0 Å². The summed E-state index contributed by atoms with van der Waals surface area (Å²) in [5, 5.41) is 0. The van der Waals surface area contributed by atoms with E-state index in [0.717, 1.165) is 0 Å². The van der Waals surface area contributed by atoms with E-state index < -0.39 is 17.5 Å². The normalized spacial score (nSPS) is 19.4. The average Bonchev–Trinajstić information content (AvgIpc) is 2.05. The highest BCUT2D eigenvalue weighted by Gasteiger charge is 2.26. The van der Waals surface area contributed by atoms with E-state index in [9.17, 15) is 4.79 Å². The Morgan fingerprint density at radius 3 is 2.50 bits per heavy atom. The summed E-state index contributed by atoms with van der Waals surface area (Å²) >= 11 is 0. The van der Waals surface area contributed by atoms with Crippen molar-refractivity contribution in [2.45, 2.75) is 46.0 Å². The van der Waals surface area contributed by atoms with Gasteiger partial charge in [-0.25, -0.2) is 4.79 Å². The third-order valence-electron chi connectivity index (χ3n) is 1.64. The van der Waals surface area contributed by atoms with Crippen LogP contribution in [0.4, 0.5) is 4.79 Å². The summed E-state index contributed by atoms with van der Waals surface area (Å²) in [6, 6.07) is 0. The molecule has 5 nitrogen and oxygen atoms in total. The maximum Gasteiger partial charge on any atom is 0.514 e. The Morgan fingerprint density at radius 1 is 1.44 bits per heavy atom. The zero-order chi connectivity index (χ0) is 12.4. The first-order chi connectivity index (χ1) is 7.18. The minimum Gasteiger partial charge on any atom is -0.467 e. The predicted octanol–water partition coefficient (Wildman–Crippen LogP) is 2.56. The van der Waals surface area contributed by atoms with Crippen LogP contribution in [0.2, 0.25) is 0 Å². The second kappa shape index (κ2) is 4.33. The molecule has 1 aliphatic heterocycles. The lowest BCUT2D eigenvalue weighted by Crippen LogP contribution is -2.32. The highest BCUT2D eigenvalue weighted by molar-refractivity contribution is 5.62. The molecular formula is C11H18O5. The molecule has 0 aliphatic carbocycles. The van der Waals surface area contributed by atoms with Gasteiger partial charge in [-0.05, 0) is 20.8 Å². The van der Waals surface area contributed by atoms with E-state index >= 15 is 0 Å². The number of hydrogen-bond acceptors (Lipinski definition) is 5. The van der Waals surface area contributed by atoms with Gasteiger partial charge >= 0.3 is 6.16 Å². The molecule has 1 aliphatic rings. The lowest BCUT2D eigenvalue weighted by molar-refractivity contribution is -0.198. The summed E-state index contributed by atoms with van der Waals surface area (Å²) in [7, 11) is 0. The van der Waals surface area contributed by atoms with E-state index in [1.54, 1.807) is 34.6 Å². The monoisotopic (exact) mass is 230 g/mol. The Bertz CT molecular complexity index is 298. The van der Waals surface area contributed by atoms with Crippen LogP contribution in [0.1, 0.15) is 34.6 Å². The Morgan fingerprint density at radius 2 is 2.06 bits per heavy atom. The molecule has 0 spiro atoms. The zero-order valence-corrected chi connectivity index (χ0v) is 10.3. The van der Waals surface area contributed by atoms with Crippen molar-refractivity contribution in [3.05, 3.63) is 12.0 Å². The molecule has 0 bridgehead atoms. The molecule has 0 N–H and O–H groups in total. The number of rotatable bonds is 1. The molecule has 16 heavy (non-hydrogen) atoms. The van der Waals surface area contributed by atoms with Crippen LogP contribution in [-0.2, 0) is 18.9 Å². The van der Waals surface area contributed by atoms with Crippen LogP contribution in [0, 0.1) is 0 Å². The fourth-order valence-corrected chi connectivity index (χ4v) is 0.952. The zero-order valence-electron chi connectivity index (χ0n) is 10.3. The van der Waals surface area contributed by atoms with Crippen molar-refractivity contribution in [3.8, 4) is 0 Å². The molecule has 92 valence electrons. The van der Waals surface area contributed by atoms with Crippen molar-refractivity contribution in [1.29, 1.82) is 0 Å². The average molecular weight is 230 g/mol. The molecule has 1 heterocycles. The van der Waals surface area contributed by atoms with Crippen molar-refractivity contribution in [2.24, 2.45) is 0 Å². The summed E-state index contributed by atoms with van der Waals surface area (Å²) in [5.41, 5.74) is -0.576. The van der Waals surface area contributed by atoms with Gasteiger partial charge in [0.15, 0.2) is 5.76 Å². The van der Waals surface area contributed by atoms with E-state index in [-0.39, 0.29) is 6.61 Å². The number of carbonyl (C=O) groups excluding carboxylic acids is 1. The molecule has 0 fully saturated rings. The molecule has 0 aromatic heterocycles. The van der Waals surface area contributed by atoms with Gasteiger partial charge in [-0.3, -0.25) is 0 Å². The van der Waals surface area contributed by atoms with Crippen LogP contribution < -0.4 is 0 Å². The number of hydrogen-bond donors (Lipinski definition) is 0. The van der Waals surface area contributed by atoms with Gasteiger partial charge in [0.2, 0.25) is 5.79 Å². The van der Waals surface area contributed by atoms with E-state index in [1.807, 2.05) is 0 Å². The molecule has 0 atom stereocenters. The smallest absolute Gasteiger partial charge is 0.467 e. The molecule has 0 amide bonds. The summed E-state index contributed by atoms with van der Waals surface area (Å²) in [5.74, 6) is -0.380. The standard InChI is InChI=1S/C11H18O5/c1-10(2,3)16-9(12)15-8-6-13-11(4,5)14-7-8/h6H,7H2,1-5H3. The Balaban J connectivity index is 2.45. The summed E-state index contributed by atoms with van der Waals surface area (Å²) in [6.45, 7) is 9.02. The van der Waals surface area contributed by atoms with E-state index in [1.165, 1.54) is 6.26 Å². The molecule has 5 heteroatoms. The Kier molecular flexibility index (Phi) is 3.48. The van der Waals surface area contributed by atoms with Crippen molar-refractivity contribution in [2.75, 3.05) is 6.61 Å². The van der Waals surface area contributed by atoms with Crippen LogP contribution in [0.3, 0.4) is 0 Å². The van der Waals surface area contributed by atoms with Gasteiger partial charge in [-0.2, -0.15) is 0 Å². The molecule has 1 rings (SSSR count). The van der Waals surface area contributed by atoms with Gasteiger partial charge in [0.25, 0.3) is 0 Å². The maximum atomic E-state index is 11.3. The predicted molar refractivity (Wildman–Crippen MR) is 56.5 cm³/mol. The summed E-state index contributed by atoms with van der Waals surface area (Å²) in [4.78, 5) is 11.3. The first kappa shape index (κ1) is 12.8. The Labute approximate surface area is 95.3 Å². The van der Waals surface area contributed by atoms with E-state index in [2.05, 4.69) is 0 Å². The fourth-order valence-electron chi connectivity index (χ4n) is 0.952. The molecule has 0 aromatic carbocycles. The van der Waals surface area contributed by atoms with E-state index in [4.69, 9.17) is 18.9 Å². The summed E-state index contributed by atoms with van der Waals surface area (Å²) < 4.78 is 20.4. The minimum atomic E-state index is -0.759. The molecular weight excluding hydrogens is 212 g/mol. The highest BCUT2D eigenvalue weighted by atomic mass is 16.8. The molecule has 0 saturated heterocycles. The van der Waals surface area contributed by atoms with Gasteiger partial charge in [0, 0.05) is 13.8 Å². The van der Waals surface area contributed by atoms with Crippen molar-refractivity contribution >= 4 is 6.16 Å². The van der Waals surface area contributed by atoms with Crippen LogP contribution >= 0.6 is 0 Å². The van der Waals surface area contributed by atoms with Crippen LogP contribution in [0.5, 0.6) is 0 Å². The summed E-state index contributed by atoms with van der Waals surface area (Å²) in [6.07, 6.45) is 0.610. The second-order valence-corrected chi connectivity index (χ2v) is 4.96. The van der Waals surface area contributed by atoms with Crippen molar-refractivity contribution in [1.82, 2.24) is 0 Å². The highest BCUT2D eigenvalue weighted by Crippen LogP contribution is 2.20. The lowest BCUT2D eigenvalue weighted by atomic mass is 10.2. The lowest BCUT2D eigenvalue weighted by Gasteiger charge is -2.29. The molecule has 0 radical (unpaired) electrons. The van der Waals surface area contributed by atoms with Crippen molar-refractivity contribution < 1.29 is 23.7 Å². The number of ether oxygens (including phenoxy) is 4. The van der Waals surface area contributed by atoms with E-state index in [0.29, 0.717) is 5.76 Å². The van der Waals surface area contributed by atoms with Crippen molar-refractivity contribution in [3.63, 3.8) is 0 Å². The van der Waals surface area contributed by atoms with Gasteiger partial charge in [-0.1, -0.05) is 0 Å². The van der Waals surface area contributed by atoms with Gasteiger partial charge < -0.3 is 18.9 Å². The SMILES string of the molecule is CC(C)(C)OC(=O)OC1=COC(C)(C)OC1. The van der Waals surface area contributed by atoms with Crippen LogP contribution in [-0.4, -0.2) is 24.2 Å². The maximum absolute atomic E-state index is 11.3. The molecule has 0 unspecified atom stereocenters. The van der Waals surface area contributed by atoms with Gasteiger partial charge in [0.1, 0.15) is 18.5 Å². The van der Waals surface area contributed by atoms with Gasteiger partial charge in [-0.15, -0.1) is 0 Å². The molecule has 0 saturated carbocycles. The second-order valence-electron chi connectivity index (χ2n) is 4.96. The largest absolute Gasteiger partial charge is 0.514 e.